The molecule has 3 heterocycles. The molecular weight excluding hydrogens is 654 g/mol. The Bertz CT molecular complexity index is 1410. The van der Waals surface area contributed by atoms with Crippen LogP contribution in [0.2, 0.25) is 5.02 Å². The summed E-state index contributed by atoms with van der Waals surface area (Å²) >= 11 is 6.07. The van der Waals surface area contributed by atoms with Crippen LogP contribution in [-0.2, 0) is 16.6 Å². The minimum Gasteiger partial charge on any atom is -0.465 e. The molecular formula is C30H38ClF4N5O5S. The fourth-order valence-corrected chi connectivity index (χ4v) is 9.17. The number of nitrogens with zero attached hydrogens (tertiary/aromatic N) is 2. The number of carbonyl (C=O) groups is 2. The van der Waals surface area contributed by atoms with Gasteiger partial charge in [0.2, 0.25) is 5.91 Å². The molecule has 3 aliphatic rings. The topological polar surface area (TPSA) is 147 Å². The lowest BCUT2D eigenvalue weighted by molar-refractivity contribution is -0.185. The zero-order valence-corrected chi connectivity index (χ0v) is 26.5. The second-order valence-electron chi connectivity index (χ2n) is 12.4. The molecule has 1 aromatic heterocycles. The van der Waals surface area contributed by atoms with Crippen molar-refractivity contribution in [2.24, 2.45) is 5.92 Å². The third-order valence-electron chi connectivity index (χ3n) is 9.63. The third kappa shape index (κ3) is 7.55. The van der Waals surface area contributed by atoms with Crippen molar-refractivity contribution in [2.45, 2.75) is 81.1 Å². The number of alkyl halides is 3. The highest BCUT2D eigenvalue weighted by Gasteiger charge is 2.52. The molecule has 1 saturated carbocycles. The zero-order chi connectivity index (χ0) is 33.3. The number of aromatic nitrogens is 1. The van der Waals surface area contributed by atoms with Crippen molar-refractivity contribution in [3.63, 3.8) is 0 Å². The molecule has 0 spiro atoms. The smallest absolute Gasteiger partial charge is 0.405 e. The number of piperazine rings is 1. The van der Waals surface area contributed by atoms with E-state index in [9.17, 15) is 37.0 Å². The van der Waals surface area contributed by atoms with Crippen molar-refractivity contribution in [3.8, 4) is 0 Å². The molecule has 10 nitrogen and oxygen atoms in total. The summed E-state index contributed by atoms with van der Waals surface area (Å²) in [6.07, 6.45) is -2.85. The number of hydrogen-bond acceptors (Lipinski definition) is 7. The van der Waals surface area contributed by atoms with Crippen molar-refractivity contribution in [2.75, 3.05) is 24.2 Å². The first-order valence-electron chi connectivity index (χ1n) is 15.2. The zero-order valence-electron chi connectivity index (χ0n) is 24.9. The van der Waals surface area contributed by atoms with Crippen LogP contribution < -0.4 is 16.0 Å². The maximum atomic E-state index is 15.3. The van der Waals surface area contributed by atoms with Crippen molar-refractivity contribution < 1.29 is 41.4 Å². The third-order valence-corrected chi connectivity index (χ3v) is 11.9. The number of pyridine rings is 1. The van der Waals surface area contributed by atoms with E-state index in [1.807, 2.05) is 0 Å². The van der Waals surface area contributed by atoms with Gasteiger partial charge < -0.3 is 21.1 Å². The van der Waals surface area contributed by atoms with Crippen molar-refractivity contribution in [1.29, 1.82) is 0 Å². The number of halogens is 5. The van der Waals surface area contributed by atoms with Crippen LogP contribution in [0.5, 0.6) is 0 Å². The summed E-state index contributed by atoms with van der Waals surface area (Å²) < 4.78 is 79.5. The lowest BCUT2D eigenvalue weighted by Gasteiger charge is -2.49. The summed E-state index contributed by atoms with van der Waals surface area (Å²) in [5.74, 6) is -2.94. The van der Waals surface area contributed by atoms with E-state index in [1.165, 1.54) is 18.3 Å². The van der Waals surface area contributed by atoms with Gasteiger partial charge in [-0.15, -0.1) is 10.8 Å². The van der Waals surface area contributed by atoms with Gasteiger partial charge in [0.1, 0.15) is 11.9 Å². The number of amides is 2. The molecule has 2 amide bonds. The highest BCUT2D eigenvalue weighted by molar-refractivity contribution is 8.22. The van der Waals surface area contributed by atoms with E-state index in [-0.39, 0.29) is 61.2 Å². The summed E-state index contributed by atoms with van der Waals surface area (Å²) in [7, 11) is -2.99. The maximum absolute atomic E-state index is 15.3. The van der Waals surface area contributed by atoms with E-state index < -0.39 is 52.1 Å². The molecule has 2 saturated heterocycles. The predicted octanol–water partition coefficient (Wildman–Crippen LogP) is 6.17. The molecule has 2 aliphatic heterocycles. The molecule has 1 unspecified atom stereocenters. The quantitative estimate of drug-likeness (QED) is 0.180. The summed E-state index contributed by atoms with van der Waals surface area (Å²) in [5.41, 5.74) is -0.835. The van der Waals surface area contributed by atoms with E-state index in [4.69, 9.17) is 11.6 Å². The Morgan fingerprint density at radius 2 is 1.85 bits per heavy atom. The normalized spacial score (nSPS) is 29.2. The van der Waals surface area contributed by atoms with Crippen LogP contribution >= 0.6 is 22.4 Å². The standard InChI is InChI=1S/C30H38ClF4N5O5S/c31-20-5-3-18(4-6-20)29(11-9-19(10-12-29)30(33,34)35)26(39-28(42)43)27(41)38-25-16-36-15-24(32)23(25)8-7-22-14-37-21-2-1-13-46(44,45)40(22)17-21/h3-6,15-16,19,21-22,26,37,39,44-45H,1-2,7-14,17H2,(H,38,41)(H,42,43)/t19?,21-,22+,26-,29?/m1/s1. The minimum absolute atomic E-state index is 0.0125. The number of hydrogen-bond donors (Lipinski definition) is 6. The lowest BCUT2D eigenvalue weighted by atomic mass is 9.62. The van der Waals surface area contributed by atoms with Gasteiger partial charge in [-0.2, -0.15) is 13.2 Å². The molecule has 3 fully saturated rings. The summed E-state index contributed by atoms with van der Waals surface area (Å²) in [5, 5.41) is 18.4. The Morgan fingerprint density at radius 1 is 1.15 bits per heavy atom. The number of nitrogens with one attached hydrogen (secondary N) is 3. The predicted molar refractivity (Wildman–Crippen MR) is 166 cm³/mol. The molecule has 2 bridgehead atoms. The Labute approximate surface area is 270 Å². The van der Waals surface area contributed by atoms with E-state index in [0.29, 0.717) is 36.5 Å². The molecule has 5 rings (SSSR count). The maximum Gasteiger partial charge on any atom is 0.405 e. The second-order valence-corrected chi connectivity index (χ2v) is 15.0. The van der Waals surface area contributed by atoms with Gasteiger partial charge in [-0.1, -0.05) is 23.7 Å². The number of fused-ring (bicyclic) bond motifs is 2. The molecule has 2 aromatic rings. The first kappa shape index (κ1) is 34.6. The van der Waals surface area contributed by atoms with Crippen molar-refractivity contribution in [3.05, 3.63) is 58.6 Å². The van der Waals surface area contributed by atoms with Gasteiger partial charge in [0.15, 0.2) is 0 Å². The number of benzene rings is 1. The van der Waals surface area contributed by atoms with Crippen LogP contribution in [0.1, 0.15) is 56.1 Å². The average molecular weight is 692 g/mol. The van der Waals surface area contributed by atoms with E-state index in [2.05, 4.69) is 20.9 Å². The van der Waals surface area contributed by atoms with Gasteiger partial charge in [0.05, 0.1) is 29.8 Å². The highest BCUT2D eigenvalue weighted by atomic mass is 35.5. The SMILES string of the molecule is O=C(O)N[C@H](C(=O)Nc1cncc(F)c1CC[C@H]1CN[C@@H]2CCCS(O)(O)N1C2)C1(c2ccc(Cl)cc2)CCC(C(F)(F)F)CC1. The molecule has 254 valence electrons. The number of anilines is 1. The molecule has 46 heavy (non-hydrogen) atoms. The average Bonchev–Trinajstić information content (AvgIpc) is 3.11. The first-order chi connectivity index (χ1) is 21.7. The Hall–Kier alpha value is -2.69. The van der Waals surface area contributed by atoms with Gasteiger partial charge in [0, 0.05) is 41.2 Å². The molecule has 6 N–H and O–H groups in total. The van der Waals surface area contributed by atoms with Crippen LogP contribution in [-0.4, -0.2) is 78.6 Å². The molecule has 4 atom stereocenters. The van der Waals surface area contributed by atoms with E-state index in [1.54, 1.807) is 16.4 Å². The Kier molecular flexibility index (Phi) is 10.4. The van der Waals surface area contributed by atoms with Crippen LogP contribution in [0, 0.1) is 11.7 Å². The monoisotopic (exact) mass is 691 g/mol. The molecule has 1 aromatic carbocycles. The van der Waals surface area contributed by atoms with Crippen LogP contribution in [0.4, 0.5) is 28.0 Å². The van der Waals surface area contributed by atoms with Gasteiger partial charge >= 0.3 is 12.3 Å². The number of rotatable bonds is 8. The van der Waals surface area contributed by atoms with Crippen LogP contribution in [0.15, 0.2) is 36.7 Å². The molecule has 1 aliphatic carbocycles. The number of carboxylic acid groups (broad SMARTS) is 1. The van der Waals surface area contributed by atoms with Gasteiger partial charge in [-0.25, -0.2) is 13.5 Å². The van der Waals surface area contributed by atoms with Gasteiger partial charge in [0.25, 0.3) is 0 Å². The second kappa shape index (κ2) is 13.8. The number of carbonyl (C=O) groups excluding carboxylic acids is 1. The molecule has 0 radical (unpaired) electrons. The first-order valence-corrected chi connectivity index (χ1v) is 17.3. The Balaban J connectivity index is 1.41. The van der Waals surface area contributed by atoms with Crippen LogP contribution in [0.25, 0.3) is 0 Å². The highest BCUT2D eigenvalue weighted by Crippen LogP contribution is 2.50. The van der Waals surface area contributed by atoms with E-state index in [0.717, 1.165) is 12.6 Å². The van der Waals surface area contributed by atoms with Crippen molar-refractivity contribution in [1.82, 2.24) is 19.9 Å². The minimum atomic E-state index is -4.44. The fraction of sp³-hybridized carbons (Fsp3) is 0.567. The Morgan fingerprint density at radius 3 is 2.50 bits per heavy atom. The largest absolute Gasteiger partial charge is 0.465 e. The van der Waals surface area contributed by atoms with Crippen LogP contribution in [0.3, 0.4) is 0 Å². The summed E-state index contributed by atoms with van der Waals surface area (Å²) in [4.78, 5) is 29.9. The van der Waals surface area contributed by atoms with E-state index >= 15 is 4.39 Å². The lowest BCUT2D eigenvalue weighted by Crippen LogP contribution is -2.58. The van der Waals surface area contributed by atoms with Crippen molar-refractivity contribution >= 4 is 40.1 Å². The molecule has 16 heteroatoms. The summed E-state index contributed by atoms with van der Waals surface area (Å²) in [6, 6.07) is 4.46. The summed E-state index contributed by atoms with van der Waals surface area (Å²) in [6.45, 7) is 0.905. The van der Waals surface area contributed by atoms with Gasteiger partial charge in [-0.3, -0.25) is 18.9 Å². The fourth-order valence-electron chi connectivity index (χ4n) is 7.18. The van der Waals surface area contributed by atoms with Gasteiger partial charge in [-0.05, 0) is 69.1 Å².